The molecule has 8 nitrogen and oxygen atoms in total. The Kier molecular flexibility index (Phi) is 5.57. The van der Waals surface area contributed by atoms with Crippen LogP contribution < -0.4 is 14.2 Å². The number of ether oxygens (including phenoxy) is 3. The number of furan rings is 1. The number of para-hydroxylation sites is 1. The van der Waals surface area contributed by atoms with Gasteiger partial charge in [-0.25, -0.2) is 4.79 Å². The fourth-order valence-corrected chi connectivity index (χ4v) is 4.75. The first-order valence-corrected chi connectivity index (χ1v) is 11.8. The zero-order chi connectivity index (χ0) is 26.4. The lowest BCUT2D eigenvalue weighted by Crippen LogP contribution is -2.21. The third-order valence-electron chi connectivity index (χ3n) is 6.59. The number of hydrogen-bond donors (Lipinski definition) is 1. The standard InChI is InChI=1S/C30H20O8/c1-35-21-5-3-2-4-18(21)14-25-28(32)19-10-11-24-27(29(19)38-25)20(15-26(31)37-24)23-13-12-22(36-23)16-6-8-17(9-7-16)30(33)34/h2-14,20H,15H2,1H3,(H,33,34)/b25-14-. The molecular weight excluding hydrogens is 488 g/mol. The Morgan fingerprint density at radius 2 is 1.76 bits per heavy atom. The minimum atomic E-state index is -1.02. The van der Waals surface area contributed by atoms with Crippen LogP contribution in [0.4, 0.5) is 0 Å². The number of fused-ring (bicyclic) bond motifs is 3. The van der Waals surface area contributed by atoms with Crippen molar-refractivity contribution in [3.8, 4) is 28.6 Å². The Bertz CT molecular complexity index is 1640. The number of aromatic carboxylic acids is 1. The van der Waals surface area contributed by atoms with Gasteiger partial charge in [0.25, 0.3) is 0 Å². The van der Waals surface area contributed by atoms with Crippen molar-refractivity contribution in [2.24, 2.45) is 0 Å². The first kappa shape index (κ1) is 23.3. The van der Waals surface area contributed by atoms with E-state index in [9.17, 15) is 14.4 Å². The van der Waals surface area contributed by atoms with Crippen molar-refractivity contribution >= 4 is 23.8 Å². The van der Waals surface area contributed by atoms with Crippen LogP contribution in [0.25, 0.3) is 17.4 Å². The molecule has 2 aliphatic heterocycles. The predicted molar refractivity (Wildman–Crippen MR) is 136 cm³/mol. The minimum Gasteiger partial charge on any atom is -0.496 e. The number of methoxy groups -OCH3 is 1. The molecule has 0 fully saturated rings. The predicted octanol–water partition coefficient (Wildman–Crippen LogP) is 5.71. The molecular formula is C30H20O8. The lowest BCUT2D eigenvalue weighted by molar-refractivity contribution is -0.135. The maximum Gasteiger partial charge on any atom is 0.335 e. The first-order chi connectivity index (χ1) is 18.4. The van der Waals surface area contributed by atoms with Crippen molar-refractivity contribution in [2.75, 3.05) is 7.11 Å². The van der Waals surface area contributed by atoms with Crippen LogP contribution >= 0.6 is 0 Å². The quantitative estimate of drug-likeness (QED) is 0.207. The zero-order valence-corrected chi connectivity index (χ0v) is 20.1. The Hall–Kier alpha value is -5.11. The van der Waals surface area contributed by atoms with Crippen LogP contribution in [0.2, 0.25) is 0 Å². The Balaban J connectivity index is 1.39. The molecule has 0 saturated heterocycles. The summed E-state index contributed by atoms with van der Waals surface area (Å²) in [7, 11) is 1.55. The molecule has 3 heterocycles. The highest BCUT2D eigenvalue weighted by molar-refractivity contribution is 6.15. The number of hydrogen-bond acceptors (Lipinski definition) is 7. The zero-order valence-electron chi connectivity index (χ0n) is 20.1. The van der Waals surface area contributed by atoms with Gasteiger partial charge in [0.1, 0.15) is 28.8 Å². The smallest absolute Gasteiger partial charge is 0.335 e. The van der Waals surface area contributed by atoms with E-state index in [0.29, 0.717) is 51.0 Å². The van der Waals surface area contributed by atoms with E-state index in [1.54, 1.807) is 55.7 Å². The van der Waals surface area contributed by atoms with E-state index in [4.69, 9.17) is 23.7 Å². The van der Waals surface area contributed by atoms with Crippen molar-refractivity contribution in [3.05, 3.63) is 107 Å². The molecule has 1 aromatic heterocycles. The molecule has 38 heavy (non-hydrogen) atoms. The molecule has 0 aliphatic carbocycles. The number of carbonyl (C=O) groups is 3. The number of carboxylic acids is 1. The summed E-state index contributed by atoms with van der Waals surface area (Å²) < 4.78 is 23.1. The molecule has 2 aliphatic rings. The molecule has 0 bridgehead atoms. The number of rotatable bonds is 5. The van der Waals surface area contributed by atoms with Gasteiger partial charge in [-0.1, -0.05) is 30.3 Å². The summed E-state index contributed by atoms with van der Waals surface area (Å²) in [5.74, 6) is 0.0833. The second kappa shape index (κ2) is 9.08. The van der Waals surface area contributed by atoms with Gasteiger partial charge in [-0.05, 0) is 48.5 Å². The van der Waals surface area contributed by atoms with E-state index in [-0.39, 0.29) is 23.5 Å². The maximum absolute atomic E-state index is 13.3. The van der Waals surface area contributed by atoms with E-state index in [1.807, 2.05) is 18.2 Å². The molecule has 3 aromatic carbocycles. The summed E-state index contributed by atoms with van der Waals surface area (Å²) in [4.78, 5) is 36.9. The summed E-state index contributed by atoms with van der Waals surface area (Å²) in [5, 5.41) is 9.15. The molecule has 4 aromatic rings. The number of carboxylic acid groups (broad SMARTS) is 1. The molecule has 1 atom stereocenters. The van der Waals surface area contributed by atoms with Crippen LogP contribution in [0.5, 0.6) is 17.2 Å². The Morgan fingerprint density at radius 3 is 2.53 bits per heavy atom. The van der Waals surface area contributed by atoms with Gasteiger partial charge < -0.3 is 23.7 Å². The van der Waals surface area contributed by atoms with Crippen molar-refractivity contribution in [3.63, 3.8) is 0 Å². The molecule has 6 rings (SSSR count). The fraction of sp³-hybridized carbons (Fsp3) is 0.100. The second-order valence-corrected chi connectivity index (χ2v) is 8.85. The van der Waals surface area contributed by atoms with E-state index in [2.05, 4.69) is 0 Å². The average Bonchev–Trinajstić information content (AvgIpc) is 3.54. The first-order valence-electron chi connectivity index (χ1n) is 11.8. The lowest BCUT2D eigenvalue weighted by Gasteiger charge is -2.24. The molecule has 8 heteroatoms. The van der Waals surface area contributed by atoms with Gasteiger partial charge >= 0.3 is 11.9 Å². The van der Waals surface area contributed by atoms with Crippen molar-refractivity contribution in [2.45, 2.75) is 12.3 Å². The highest BCUT2D eigenvalue weighted by atomic mass is 16.5. The topological polar surface area (TPSA) is 112 Å². The number of carbonyl (C=O) groups excluding carboxylic acids is 2. The van der Waals surface area contributed by atoms with Crippen LogP contribution in [0, 0.1) is 0 Å². The third-order valence-corrected chi connectivity index (χ3v) is 6.59. The lowest BCUT2D eigenvalue weighted by atomic mass is 9.88. The van der Waals surface area contributed by atoms with Crippen LogP contribution in [0.3, 0.4) is 0 Å². The molecule has 0 radical (unpaired) electrons. The summed E-state index contributed by atoms with van der Waals surface area (Å²) >= 11 is 0. The molecule has 1 N–H and O–H groups in total. The van der Waals surface area contributed by atoms with Crippen LogP contribution in [0.1, 0.15) is 49.9 Å². The summed E-state index contributed by atoms with van der Waals surface area (Å²) in [6.07, 6.45) is 1.63. The normalized spacial score (nSPS) is 17.0. The summed E-state index contributed by atoms with van der Waals surface area (Å²) in [5.41, 5.74) is 2.46. The Labute approximate surface area is 216 Å². The highest BCUT2D eigenvalue weighted by Gasteiger charge is 2.39. The number of benzene rings is 3. The number of allylic oxidation sites excluding steroid dienone is 1. The van der Waals surface area contributed by atoms with Crippen molar-refractivity contribution in [1.29, 1.82) is 0 Å². The highest BCUT2D eigenvalue weighted by Crippen LogP contribution is 2.49. The molecule has 1 unspecified atom stereocenters. The van der Waals surface area contributed by atoms with E-state index < -0.39 is 17.9 Å². The fourth-order valence-electron chi connectivity index (χ4n) is 4.75. The summed E-state index contributed by atoms with van der Waals surface area (Å²) in [6.45, 7) is 0. The Morgan fingerprint density at radius 1 is 0.974 bits per heavy atom. The van der Waals surface area contributed by atoms with Gasteiger partial charge in [0.2, 0.25) is 5.78 Å². The van der Waals surface area contributed by atoms with Gasteiger partial charge in [0, 0.05) is 16.7 Å². The van der Waals surface area contributed by atoms with Gasteiger partial charge in [-0.2, -0.15) is 0 Å². The van der Waals surface area contributed by atoms with Gasteiger partial charge in [-0.15, -0.1) is 0 Å². The van der Waals surface area contributed by atoms with Gasteiger partial charge in [0.05, 0.1) is 30.6 Å². The number of ketones is 1. The largest absolute Gasteiger partial charge is 0.496 e. The average molecular weight is 508 g/mol. The van der Waals surface area contributed by atoms with Crippen molar-refractivity contribution in [1.82, 2.24) is 0 Å². The molecule has 0 spiro atoms. The maximum atomic E-state index is 13.3. The third kappa shape index (κ3) is 3.92. The monoisotopic (exact) mass is 508 g/mol. The number of esters is 1. The van der Waals surface area contributed by atoms with E-state index in [1.165, 1.54) is 12.1 Å². The number of Topliss-reactive ketones (excluding diaryl/α,β-unsaturated/α-hetero) is 1. The van der Waals surface area contributed by atoms with E-state index in [0.717, 1.165) is 0 Å². The van der Waals surface area contributed by atoms with Crippen molar-refractivity contribution < 1.29 is 38.1 Å². The van der Waals surface area contributed by atoms with E-state index >= 15 is 0 Å². The molecule has 188 valence electrons. The van der Waals surface area contributed by atoms with Crippen LogP contribution in [-0.2, 0) is 4.79 Å². The van der Waals surface area contributed by atoms with Crippen LogP contribution in [-0.4, -0.2) is 29.9 Å². The van der Waals surface area contributed by atoms with Crippen LogP contribution in [0.15, 0.2) is 83.0 Å². The SMILES string of the molecule is COc1ccccc1/C=C1\Oc2c(ccc3c2C(c2ccc(-c4ccc(C(=O)O)cc4)o2)CC(=O)O3)C1=O. The van der Waals surface area contributed by atoms with Gasteiger partial charge in [-0.3, -0.25) is 9.59 Å². The second-order valence-electron chi connectivity index (χ2n) is 8.85. The summed E-state index contributed by atoms with van der Waals surface area (Å²) in [6, 6.07) is 20.3. The minimum absolute atomic E-state index is 0.00251. The van der Waals surface area contributed by atoms with Gasteiger partial charge in [0.15, 0.2) is 5.76 Å². The molecule has 0 amide bonds. The molecule has 0 saturated carbocycles.